The third-order valence-electron chi connectivity index (χ3n) is 3.86. The number of nitrogens with one attached hydrogen (secondary N) is 3. The van der Waals surface area contributed by atoms with E-state index in [2.05, 4.69) is 32.0 Å². The first-order chi connectivity index (χ1) is 13.2. The summed E-state index contributed by atoms with van der Waals surface area (Å²) in [7, 11) is 4.96. The highest BCUT2D eigenvalue weighted by molar-refractivity contribution is 14.0. The van der Waals surface area contributed by atoms with Gasteiger partial charge in [-0.2, -0.15) is 0 Å². The molecule has 1 heterocycles. The standard InChI is InChI=1S/C19H23N5O2S.HI/c1-20-18(23-13-8-9-15(25-2)16(12-13)26-3)21-10-11-22-19-24-14-6-4-5-7-17(14)27-19;/h4-9,12H,10-11H2,1-3H3,(H,22,24)(H2,20,21,23);1H. The number of para-hydroxylation sites is 1. The lowest BCUT2D eigenvalue weighted by atomic mass is 10.3. The number of fused-ring (bicyclic) bond motifs is 1. The Labute approximate surface area is 185 Å². The quantitative estimate of drug-likeness (QED) is 0.192. The number of halogens is 1. The summed E-state index contributed by atoms with van der Waals surface area (Å²) in [6.45, 7) is 1.43. The number of methoxy groups -OCH3 is 2. The van der Waals surface area contributed by atoms with Crippen LogP contribution in [0.15, 0.2) is 47.5 Å². The molecule has 7 nitrogen and oxygen atoms in total. The van der Waals surface area contributed by atoms with E-state index in [0.717, 1.165) is 22.9 Å². The minimum Gasteiger partial charge on any atom is -0.493 e. The topological polar surface area (TPSA) is 79.8 Å². The molecule has 0 aliphatic rings. The number of benzene rings is 2. The lowest BCUT2D eigenvalue weighted by molar-refractivity contribution is 0.355. The fourth-order valence-corrected chi connectivity index (χ4v) is 3.42. The maximum absolute atomic E-state index is 5.32. The molecular weight excluding hydrogens is 489 g/mol. The molecule has 1 aromatic heterocycles. The zero-order chi connectivity index (χ0) is 19.1. The Hall–Kier alpha value is -2.27. The first-order valence-corrected chi connectivity index (χ1v) is 9.34. The highest BCUT2D eigenvalue weighted by atomic mass is 127. The van der Waals surface area contributed by atoms with Crippen LogP contribution in [-0.4, -0.2) is 45.3 Å². The number of aliphatic imine (C=N–C) groups is 1. The highest BCUT2D eigenvalue weighted by Gasteiger charge is 2.06. The van der Waals surface area contributed by atoms with Gasteiger partial charge in [0.15, 0.2) is 22.6 Å². The third kappa shape index (κ3) is 5.61. The second-order valence-electron chi connectivity index (χ2n) is 5.61. The van der Waals surface area contributed by atoms with Gasteiger partial charge in [0.05, 0.1) is 24.4 Å². The maximum atomic E-state index is 5.32. The van der Waals surface area contributed by atoms with E-state index in [1.165, 1.54) is 4.70 Å². The number of hydrogen-bond donors (Lipinski definition) is 3. The van der Waals surface area contributed by atoms with Gasteiger partial charge in [-0.25, -0.2) is 4.98 Å². The second kappa shape index (κ2) is 10.9. The Bertz CT molecular complexity index is 899. The van der Waals surface area contributed by atoms with Crippen LogP contribution in [-0.2, 0) is 0 Å². The van der Waals surface area contributed by atoms with E-state index in [9.17, 15) is 0 Å². The molecule has 0 unspecified atom stereocenters. The van der Waals surface area contributed by atoms with Crippen LogP contribution in [0.25, 0.3) is 10.2 Å². The molecule has 3 aromatic rings. The van der Waals surface area contributed by atoms with Crippen LogP contribution < -0.4 is 25.4 Å². The number of hydrogen-bond acceptors (Lipinski definition) is 6. The molecule has 0 saturated heterocycles. The van der Waals surface area contributed by atoms with Crippen molar-refractivity contribution in [3.8, 4) is 11.5 Å². The molecular formula is C19H24IN5O2S. The Balaban J connectivity index is 0.00000280. The molecule has 0 fully saturated rings. The summed E-state index contributed by atoms with van der Waals surface area (Å²) in [5.41, 5.74) is 1.88. The molecule has 3 N–H and O–H groups in total. The van der Waals surface area contributed by atoms with Gasteiger partial charge in [0, 0.05) is 31.9 Å². The van der Waals surface area contributed by atoms with Gasteiger partial charge in [-0.3, -0.25) is 4.99 Å². The van der Waals surface area contributed by atoms with Gasteiger partial charge in [-0.05, 0) is 24.3 Å². The van der Waals surface area contributed by atoms with Crippen molar-refractivity contribution in [3.63, 3.8) is 0 Å². The van der Waals surface area contributed by atoms with E-state index in [1.807, 2.05) is 36.4 Å². The largest absolute Gasteiger partial charge is 0.493 e. The molecule has 0 saturated carbocycles. The van der Waals surface area contributed by atoms with Crippen molar-refractivity contribution < 1.29 is 9.47 Å². The Morgan fingerprint density at radius 1 is 1.07 bits per heavy atom. The number of aromatic nitrogens is 1. The van der Waals surface area contributed by atoms with Gasteiger partial charge in [0.25, 0.3) is 0 Å². The highest BCUT2D eigenvalue weighted by Crippen LogP contribution is 2.29. The molecule has 0 radical (unpaired) electrons. The van der Waals surface area contributed by atoms with E-state index >= 15 is 0 Å². The summed E-state index contributed by atoms with van der Waals surface area (Å²) in [5, 5.41) is 10.8. The first kappa shape index (κ1) is 22.0. The molecule has 150 valence electrons. The average Bonchev–Trinajstić information content (AvgIpc) is 3.12. The van der Waals surface area contributed by atoms with E-state index in [1.54, 1.807) is 32.6 Å². The Morgan fingerprint density at radius 3 is 2.57 bits per heavy atom. The van der Waals surface area contributed by atoms with Crippen LogP contribution in [0.4, 0.5) is 10.8 Å². The number of ether oxygens (including phenoxy) is 2. The zero-order valence-corrected chi connectivity index (χ0v) is 19.1. The zero-order valence-electron chi connectivity index (χ0n) is 16.0. The average molecular weight is 513 g/mol. The Kier molecular flexibility index (Phi) is 8.58. The Morgan fingerprint density at radius 2 is 1.86 bits per heavy atom. The lowest BCUT2D eigenvalue weighted by Crippen LogP contribution is -2.34. The first-order valence-electron chi connectivity index (χ1n) is 8.52. The summed E-state index contributed by atoms with van der Waals surface area (Å²) < 4.78 is 11.8. The van der Waals surface area contributed by atoms with Crippen molar-refractivity contribution in [1.29, 1.82) is 0 Å². The van der Waals surface area contributed by atoms with Crippen molar-refractivity contribution >= 4 is 62.3 Å². The van der Waals surface area contributed by atoms with E-state index < -0.39 is 0 Å². The number of anilines is 2. The molecule has 2 aromatic carbocycles. The van der Waals surface area contributed by atoms with Crippen molar-refractivity contribution in [3.05, 3.63) is 42.5 Å². The van der Waals surface area contributed by atoms with Crippen LogP contribution in [0, 0.1) is 0 Å². The summed E-state index contributed by atoms with van der Waals surface area (Å²) >= 11 is 1.65. The van der Waals surface area contributed by atoms with Gasteiger partial charge in [0.2, 0.25) is 0 Å². The van der Waals surface area contributed by atoms with Crippen molar-refractivity contribution in [2.75, 3.05) is 45.0 Å². The van der Waals surface area contributed by atoms with Gasteiger partial charge in [-0.15, -0.1) is 24.0 Å². The fourth-order valence-electron chi connectivity index (χ4n) is 2.53. The third-order valence-corrected chi connectivity index (χ3v) is 4.85. The predicted octanol–water partition coefficient (Wildman–Crippen LogP) is 4.03. The molecule has 28 heavy (non-hydrogen) atoms. The summed E-state index contributed by atoms with van der Waals surface area (Å²) in [5.74, 6) is 2.02. The monoisotopic (exact) mass is 513 g/mol. The minimum atomic E-state index is 0. The number of guanidine groups is 1. The van der Waals surface area contributed by atoms with Crippen molar-refractivity contribution in [2.45, 2.75) is 0 Å². The number of rotatable bonds is 7. The molecule has 0 aliphatic heterocycles. The summed E-state index contributed by atoms with van der Waals surface area (Å²) in [6, 6.07) is 13.7. The molecule has 9 heteroatoms. The normalized spacial score (nSPS) is 10.9. The lowest BCUT2D eigenvalue weighted by Gasteiger charge is -2.14. The predicted molar refractivity (Wildman–Crippen MR) is 128 cm³/mol. The van der Waals surface area contributed by atoms with Crippen LogP contribution >= 0.6 is 35.3 Å². The van der Waals surface area contributed by atoms with Crippen LogP contribution in [0.1, 0.15) is 0 Å². The number of thiazole rings is 1. The van der Waals surface area contributed by atoms with Crippen LogP contribution in [0.5, 0.6) is 11.5 Å². The van der Waals surface area contributed by atoms with Gasteiger partial charge in [0.1, 0.15) is 0 Å². The van der Waals surface area contributed by atoms with E-state index in [4.69, 9.17) is 9.47 Å². The summed E-state index contributed by atoms with van der Waals surface area (Å²) in [6.07, 6.45) is 0. The maximum Gasteiger partial charge on any atom is 0.195 e. The molecule has 0 bridgehead atoms. The van der Waals surface area contributed by atoms with E-state index in [0.29, 0.717) is 24.0 Å². The van der Waals surface area contributed by atoms with Crippen LogP contribution in [0.3, 0.4) is 0 Å². The molecule has 0 spiro atoms. The molecule has 0 atom stereocenters. The van der Waals surface area contributed by atoms with E-state index in [-0.39, 0.29) is 24.0 Å². The van der Waals surface area contributed by atoms with Crippen molar-refractivity contribution in [1.82, 2.24) is 10.3 Å². The van der Waals surface area contributed by atoms with Gasteiger partial charge >= 0.3 is 0 Å². The number of nitrogens with zero attached hydrogens (tertiary/aromatic N) is 2. The second-order valence-corrected chi connectivity index (χ2v) is 6.64. The van der Waals surface area contributed by atoms with Crippen LogP contribution in [0.2, 0.25) is 0 Å². The van der Waals surface area contributed by atoms with Gasteiger partial charge in [-0.1, -0.05) is 23.5 Å². The molecule has 0 aliphatic carbocycles. The molecule has 0 amide bonds. The van der Waals surface area contributed by atoms with Crippen molar-refractivity contribution in [2.24, 2.45) is 4.99 Å². The van der Waals surface area contributed by atoms with Gasteiger partial charge < -0.3 is 25.4 Å². The SMILES string of the molecule is CN=C(NCCNc1nc2ccccc2s1)Nc1ccc(OC)c(OC)c1.I. The fraction of sp³-hybridized carbons (Fsp3) is 0.263. The summed E-state index contributed by atoms with van der Waals surface area (Å²) in [4.78, 5) is 8.80. The smallest absolute Gasteiger partial charge is 0.195 e. The minimum absolute atomic E-state index is 0. The molecule has 3 rings (SSSR count).